The molecule has 3 fully saturated rings. The number of ether oxygens (including phenoxy) is 2. The number of allylic oxidation sites excluding steroid dienone is 3. The number of rotatable bonds is 11. The zero-order chi connectivity index (χ0) is 47.5. The van der Waals surface area contributed by atoms with Crippen molar-refractivity contribution < 1.29 is 46.9 Å². The number of amides is 4. The predicted octanol–water partition coefficient (Wildman–Crippen LogP) is 10.2. The van der Waals surface area contributed by atoms with Gasteiger partial charge in [-0.15, -0.1) is 6.58 Å². The number of aromatic hydroxyl groups is 1. The summed E-state index contributed by atoms with van der Waals surface area (Å²) in [6, 6.07) is 24.5. The van der Waals surface area contributed by atoms with Crippen molar-refractivity contribution in [3.63, 3.8) is 0 Å². The minimum absolute atomic E-state index is 0.0967. The molecule has 5 aromatic rings. The summed E-state index contributed by atoms with van der Waals surface area (Å²) in [5, 5.41) is 12.7. The van der Waals surface area contributed by atoms with Gasteiger partial charge in [0.15, 0.2) is 5.82 Å². The molecule has 0 unspecified atom stereocenters. The number of methoxy groups -OCH3 is 2. The molecule has 4 aliphatic rings. The molecule has 11 nitrogen and oxygen atoms in total. The summed E-state index contributed by atoms with van der Waals surface area (Å²) in [4.78, 5) is 65.1. The zero-order valence-corrected chi connectivity index (χ0v) is 37.4. The van der Waals surface area contributed by atoms with Crippen molar-refractivity contribution in [1.82, 2.24) is 9.99 Å². The van der Waals surface area contributed by atoms with Gasteiger partial charge in [-0.25, -0.2) is 4.98 Å². The van der Waals surface area contributed by atoms with Crippen molar-refractivity contribution in [3.8, 4) is 17.2 Å². The van der Waals surface area contributed by atoms with Crippen LogP contribution in [0.4, 0.5) is 24.7 Å². The summed E-state index contributed by atoms with van der Waals surface area (Å²) in [5.41, 5.74) is 3.24. The second-order valence-corrected chi connectivity index (χ2v) is 17.7. The molecule has 4 amide bonds. The summed E-state index contributed by atoms with van der Waals surface area (Å²) in [5.74, 6) is -6.70. The number of anilines is 2. The average Bonchev–Trinajstić information content (AvgIpc) is 3.70. The molecule has 6 atom stereocenters. The van der Waals surface area contributed by atoms with E-state index >= 15 is 9.59 Å². The molecule has 2 saturated heterocycles. The first-order valence-corrected chi connectivity index (χ1v) is 22.0. The monoisotopic (exact) mass is 948 g/mol. The highest BCUT2D eigenvalue weighted by molar-refractivity contribution is 6.33. The van der Waals surface area contributed by atoms with Crippen molar-refractivity contribution in [3.05, 3.63) is 165 Å². The average molecular weight is 950 g/mol. The minimum Gasteiger partial charge on any atom is -0.507 e. The number of phenols is 1. The lowest BCUT2D eigenvalue weighted by atomic mass is 9.49. The van der Waals surface area contributed by atoms with Crippen LogP contribution >= 0.6 is 23.2 Å². The van der Waals surface area contributed by atoms with Gasteiger partial charge in [0.2, 0.25) is 11.8 Å². The Hall–Kier alpha value is -6.90. The van der Waals surface area contributed by atoms with E-state index in [1.54, 1.807) is 99.2 Å². The van der Waals surface area contributed by atoms with Crippen molar-refractivity contribution >= 4 is 70.5 Å². The third-order valence-electron chi connectivity index (χ3n) is 13.4. The van der Waals surface area contributed by atoms with Crippen LogP contribution in [0.15, 0.2) is 121 Å². The number of hydrazine groups is 1. The second kappa shape index (κ2) is 17.4. The van der Waals surface area contributed by atoms with E-state index in [9.17, 15) is 27.9 Å². The molecule has 0 radical (unpaired) electrons. The molecule has 4 aromatic carbocycles. The van der Waals surface area contributed by atoms with Gasteiger partial charge >= 0.3 is 6.18 Å². The first-order valence-electron chi connectivity index (χ1n) is 21.3. The molecule has 9 rings (SSSR count). The van der Waals surface area contributed by atoms with Gasteiger partial charge in [0.1, 0.15) is 17.2 Å². The van der Waals surface area contributed by atoms with Crippen LogP contribution in [-0.4, -0.2) is 52.9 Å². The van der Waals surface area contributed by atoms with Crippen molar-refractivity contribution in [2.45, 2.75) is 36.8 Å². The highest BCUT2D eigenvalue weighted by Gasteiger charge is 2.71. The Labute approximate surface area is 393 Å². The number of nitrogens with zero attached hydrogens (tertiary/aromatic N) is 3. The molecule has 0 spiro atoms. The zero-order valence-electron chi connectivity index (χ0n) is 35.9. The molecular weight excluding hydrogens is 908 g/mol. The third-order valence-corrected chi connectivity index (χ3v) is 14.0. The number of aromatic nitrogens is 1. The maximum atomic E-state index is 15.6. The van der Waals surface area contributed by atoms with E-state index in [-0.39, 0.29) is 36.4 Å². The number of imide groups is 2. The molecule has 2 N–H and O–H groups in total. The van der Waals surface area contributed by atoms with Gasteiger partial charge < -0.3 is 14.6 Å². The van der Waals surface area contributed by atoms with E-state index in [1.807, 2.05) is 24.3 Å². The van der Waals surface area contributed by atoms with Crippen LogP contribution in [0.5, 0.6) is 17.2 Å². The highest BCUT2D eigenvalue weighted by atomic mass is 35.5. The summed E-state index contributed by atoms with van der Waals surface area (Å²) >= 11 is 12.7. The lowest BCUT2D eigenvalue weighted by molar-refractivity contribution is -0.139. The number of alkyl halides is 3. The first kappa shape index (κ1) is 45.3. The number of phenolic OH excluding ortho intramolecular Hbond substituents is 1. The molecule has 1 saturated carbocycles. The normalized spacial score (nSPS) is 23.5. The molecule has 2 aliphatic carbocycles. The number of carbonyl (C=O) groups is 4. The van der Waals surface area contributed by atoms with Crippen LogP contribution in [0.1, 0.15) is 52.1 Å². The lowest BCUT2D eigenvalue weighted by Gasteiger charge is -2.50. The largest absolute Gasteiger partial charge is 0.507 e. The number of para-hydroxylation sites is 1. The smallest absolute Gasteiger partial charge is 0.417 e. The van der Waals surface area contributed by atoms with Gasteiger partial charge in [-0.2, -0.15) is 18.2 Å². The quantitative estimate of drug-likeness (QED) is 0.0753. The second-order valence-electron chi connectivity index (χ2n) is 16.8. The first-order chi connectivity index (χ1) is 32.1. The summed E-state index contributed by atoms with van der Waals surface area (Å²) in [6.07, 6.45) is 3.20. The maximum absolute atomic E-state index is 15.6. The van der Waals surface area contributed by atoms with Crippen LogP contribution < -0.4 is 19.8 Å². The van der Waals surface area contributed by atoms with Crippen LogP contribution in [-0.2, 0) is 37.2 Å². The Morgan fingerprint density at radius 1 is 0.910 bits per heavy atom. The number of halogens is 5. The van der Waals surface area contributed by atoms with E-state index in [2.05, 4.69) is 17.0 Å². The molecule has 1 aromatic heterocycles. The van der Waals surface area contributed by atoms with Crippen molar-refractivity contribution in [2.24, 2.45) is 23.7 Å². The van der Waals surface area contributed by atoms with E-state index in [0.717, 1.165) is 11.1 Å². The van der Waals surface area contributed by atoms with Gasteiger partial charge in [0, 0.05) is 28.3 Å². The van der Waals surface area contributed by atoms with Crippen molar-refractivity contribution in [1.29, 1.82) is 0 Å². The molecule has 3 heterocycles. The number of fused-ring (bicyclic) bond motifs is 4. The van der Waals surface area contributed by atoms with Crippen LogP contribution in [0.2, 0.25) is 10.0 Å². The Morgan fingerprint density at radius 3 is 2.33 bits per heavy atom. The number of benzene rings is 4. The minimum atomic E-state index is -4.78. The van der Waals surface area contributed by atoms with Crippen LogP contribution in [0.3, 0.4) is 0 Å². The fraction of sp³-hybridized carbons (Fsp3) is 0.235. The van der Waals surface area contributed by atoms with Gasteiger partial charge in [-0.1, -0.05) is 95.5 Å². The predicted molar refractivity (Wildman–Crippen MR) is 246 cm³/mol. The number of nitrogens with one attached hydrogen (secondary N) is 1. The van der Waals surface area contributed by atoms with E-state index < -0.39 is 75.4 Å². The molecule has 67 heavy (non-hydrogen) atoms. The summed E-state index contributed by atoms with van der Waals surface area (Å²) in [7, 11) is 3.14. The lowest BCUT2D eigenvalue weighted by Crippen LogP contribution is -2.53. The van der Waals surface area contributed by atoms with Gasteiger partial charge in [-0.05, 0) is 90.4 Å². The van der Waals surface area contributed by atoms with E-state index in [1.165, 1.54) is 4.90 Å². The van der Waals surface area contributed by atoms with E-state index in [4.69, 9.17) is 32.7 Å². The maximum Gasteiger partial charge on any atom is 0.417 e. The topological polar surface area (TPSA) is 138 Å². The fourth-order valence-corrected chi connectivity index (χ4v) is 10.8. The molecular formula is C51H41Cl2F3N4O7. The Balaban J connectivity index is 1.13. The Bertz CT molecular complexity index is 2920. The summed E-state index contributed by atoms with van der Waals surface area (Å²) < 4.78 is 51.7. The number of hydrogen-bond donors (Lipinski definition) is 2. The molecule has 2 aliphatic heterocycles. The molecule has 0 bridgehead atoms. The number of carbonyl (C=O) groups excluding carboxylic acids is 4. The van der Waals surface area contributed by atoms with Gasteiger partial charge in [0.25, 0.3) is 11.8 Å². The third kappa shape index (κ3) is 7.52. The van der Waals surface area contributed by atoms with Crippen LogP contribution in [0, 0.1) is 23.7 Å². The molecule has 342 valence electrons. The van der Waals surface area contributed by atoms with Crippen molar-refractivity contribution in [2.75, 3.05) is 24.5 Å². The van der Waals surface area contributed by atoms with Gasteiger partial charge in [-0.3, -0.25) is 29.5 Å². The summed E-state index contributed by atoms with van der Waals surface area (Å²) in [6.45, 7) is 3.83. The fourth-order valence-electron chi connectivity index (χ4n) is 10.4. The number of hydrogen-bond acceptors (Lipinski definition) is 9. The SMILES string of the molecule is C=CCc1cccc([C@H]2C3=CC[C@@H]4C(=O)N(c5ccc(C=Cc6cc(OC)ccc6OC)cc5)C(=O)[C@@H]4[C@@H]3C[C@H]3C(=O)N(Nc4ncc(C(F)(F)F)cc4Cl)C(=O)[C@@]23c2ccc(Cl)cc2)c1O. The van der Waals surface area contributed by atoms with Gasteiger partial charge in [0.05, 0.1) is 53.7 Å². The Morgan fingerprint density at radius 2 is 1.66 bits per heavy atom. The molecule has 16 heteroatoms. The highest BCUT2D eigenvalue weighted by Crippen LogP contribution is 2.65. The standard InChI is InChI=1S/C51H41Cl2F3N4O7/c1-4-6-28-7-5-8-37(44(28)61)43-35-20-21-36-42(48(64)59(46(36)62)33-17-10-27(11-18-33)9-12-29-23-34(66-2)19-22-41(29)67-3)38(35)25-39-47(63)60(49(65)50(39,43)30-13-15-32(52)16-14-30)58-45-40(53)24-31(26-57-45)51(54,55)56/h4-5,7-20,22-24,26,36,38-39,42-43,61H,1,6,21,25H2,2-3H3,(H,57,58)/t36-,38+,39-,42-,43+,50+/m0/s1. The van der Waals surface area contributed by atoms with E-state index in [0.29, 0.717) is 56.2 Å². The van der Waals surface area contributed by atoms with Crippen LogP contribution in [0.25, 0.3) is 12.2 Å². The number of pyridine rings is 1. The Kier molecular flexibility index (Phi) is 11.8.